The van der Waals surface area contributed by atoms with Gasteiger partial charge in [-0.15, -0.1) is 0 Å². The van der Waals surface area contributed by atoms with Crippen LogP contribution in [0.4, 0.5) is 10.1 Å². The van der Waals surface area contributed by atoms with Crippen LogP contribution in [0.5, 0.6) is 5.75 Å². The number of hydrogen-bond acceptors (Lipinski definition) is 3. The molecule has 0 radical (unpaired) electrons. The van der Waals surface area contributed by atoms with Crippen molar-refractivity contribution in [1.82, 2.24) is 9.78 Å². The van der Waals surface area contributed by atoms with Gasteiger partial charge in [0.1, 0.15) is 11.6 Å². The minimum atomic E-state index is -0.381. The molecule has 1 heterocycles. The fraction of sp³-hybridized carbons (Fsp3) is 0.158. The van der Waals surface area contributed by atoms with Crippen molar-refractivity contribution in [2.75, 3.05) is 5.32 Å². The Balaban J connectivity index is 1.56. The SMILES string of the molecule is CCc1ccc(OCn2cc(NC(=O)c3ccc(F)cc3)cn2)cc1. The van der Waals surface area contributed by atoms with Crippen molar-refractivity contribution in [2.24, 2.45) is 0 Å². The number of carbonyl (C=O) groups excluding carboxylic acids is 1. The van der Waals surface area contributed by atoms with Crippen molar-refractivity contribution in [3.8, 4) is 5.75 Å². The zero-order valence-corrected chi connectivity index (χ0v) is 13.8. The molecule has 0 unspecified atom stereocenters. The number of nitrogens with one attached hydrogen (secondary N) is 1. The molecule has 0 saturated heterocycles. The molecule has 3 aromatic rings. The summed E-state index contributed by atoms with van der Waals surface area (Å²) in [5.41, 5.74) is 2.16. The predicted octanol–water partition coefficient (Wildman–Crippen LogP) is 3.87. The summed E-state index contributed by atoms with van der Waals surface area (Å²) in [4.78, 5) is 12.1. The van der Waals surface area contributed by atoms with Gasteiger partial charge in [0.05, 0.1) is 18.1 Å². The number of nitrogens with zero attached hydrogens (tertiary/aromatic N) is 2. The summed E-state index contributed by atoms with van der Waals surface area (Å²) in [6.07, 6.45) is 4.18. The zero-order valence-electron chi connectivity index (χ0n) is 13.8. The molecule has 0 aliphatic rings. The number of rotatable bonds is 6. The van der Waals surface area contributed by atoms with E-state index < -0.39 is 0 Å². The Morgan fingerprint density at radius 1 is 1.16 bits per heavy atom. The predicted molar refractivity (Wildman–Crippen MR) is 93.0 cm³/mol. The molecule has 6 heteroatoms. The van der Waals surface area contributed by atoms with Crippen LogP contribution in [0.3, 0.4) is 0 Å². The monoisotopic (exact) mass is 339 g/mol. The second kappa shape index (κ2) is 7.61. The third kappa shape index (κ3) is 4.44. The first-order valence-electron chi connectivity index (χ1n) is 7.95. The molecular formula is C19H18FN3O2. The second-order valence-electron chi connectivity index (χ2n) is 5.50. The normalized spacial score (nSPS) is 10.5. The number of carbonyl (C=O) groups is 1. The van der Waals surface area contributed by atoms with Crippen LogP contribution >= 0.6 is 0 Å². The van der Waals surface area contributed by atoms with Gasteiger partial charge in [0.2, 0.25) is 0 Å². The third-order valence-corrected chi connectivity index (χ3v) is 3.69. The van der Waals surface area contributed by atoms with Gasteiger partial charge in [-0.1, -0.05) is 19.1 Å². The van der Waals surface area contributed by atoms with E-state index in [1.54, 1.807) is 10.9 Å². The van der Waals surface area contributed by atoms with Gasteiger partial charge in [-0.3, -0.25) is 4.79 Å². The summed E-state index contributed by atoms with van der Waals surface area (Å²) in [6.45, 7) is 2.33. The summed E-state index contributed by atoms with van der Waals surface area (Å²) in [7, 11) is 0. The maximum absolute atomic E-state index is 12.9. The molecule has 0 aliphatic carbocycles. The molecule has 3 rings (SSSR count). The molecular weight excluding hydrogens is 321 g/mol. The van der Waals surface area contributed by atoms with Gasteiger partial charge >= 0.3 is 0 Å². The summed E-state index contributed by atoms with van der Waals surface area (Å²) in [5.74, 6) is 0.0497. The van der Waals surface area contributed by atoms with Crippen LogP contribution in [0.15, 0.2) is 60.9 Å². The Hall–Kier alpha value is -3.15. The van der Waals surface area contributed by atoms with E-state index in [1.807, 2.05) is 24.3 Å². The minimum absolute atomic E-state index is 0.234. The molecule has 0 atom stereocenters. The first-order valence-corrected chi connectivity index (χ1v) is 7.95. The average molecular weight is 339 g/mol. The van der Waals surface area contributed by atoms with Crippen LogP contribution in [-0.2, 0) is 13.2 Å². The lowest BCUT2D eigenvalue weighted by molar-refractivity contribution is 0.102. The average Bonchev–Trinajstić information content (AvgIpc) is 3.08. The molecule has 1 N–H and O–H groups in total. The Bertz CT molecular complexity index is 842. The van der Waals surface area contributed by atoms with Crippen LogP contribution in [0.25, 0.3) is 0 Å². The highest BCUT2D eigenvalue weighted by Crippen LogP contribution is 2.14. The third-order valence-electron chi connectivity index (χ3n) is 3.69. The largest absolute Gasteiger partial charge is 0.471 e. The summed E-state index contributed by atoms with van der Waals surface area (Å²) >= 11 is 0. The highest BCUT2D eigenvalue weighted by molar-refractivity contribution is 6.04. The molecule has 0 aliphatic heterocycles. The topological polar surface area (TPSA) is 56.1 Å². The smallest absolute Gasteiger partial charge is 0.255 e. The van der Waals surface area contributed by atoms with Crippen molar-refractivity contribution in [3.63, 3.8) is 0 Å². The van der Waals surface area contributed by atoms with Crippen LogP contribution in [0, 0.1) is 5.82 Å². The zero-order chi connectivity index (χ0) is 17.6. The summed E-state index contributed by atoms with van der Waals surface area (Å²) in [5, 5.41) is 6.85. The molecule has 2 aromatic carbocycles. The van der Waals surface area contributed by atoms with E-state index >= 15 is 0 Å². The molecule has 0 saturated carbocycles. The lowest BCUT2D eigenvalue weighted by Gasteiger charge is -2.06. The molecule has 1 amide bonds. The van der Waals surface area contributed by atoms with Crippen molar-refractivity contribution in [2.45, 2.75) is 20.1 Å². The molecule has 0 bridgehead atoms. The molecule has 0 fully saturated rings. The first kappa shape index (κ1) is 16.7. The summed E-state index contributed by atoms with van der Waals surface area (Å²) < 4.78 is 20.1. The van der Waals surface area contributed by atoms with Crippen molar-refractivity contribution in [1.29, 1.82) is 0 Å². The van der Waals surface area contributed by atoms with Gasteiger partial charge in [0.25, 0.3) is 5.91 Å². The molecule has 25 heavy (non-hydrogen) atoms. The van der Waals surface area contributed by atoms with E-state index in [9.17, 15) is 9.18 Å². The first-order chi connectivity index (χ1) is 12.1. The number of benzene rings is 2. The minimum Gasteiger partial charge on any atom is -0.471 e. The van der Waals surface area contributed by atoms with Crippen LogP contribution < -0.4 is 10.1 Å². The summed E-state index contributed by atoms with van der Waals surface area (Å²) in [6, 6.07) is 13.2. The van der Waals surface area contributed by atoms with Gasteiger partial charge in [-0.05, 0) is 48.4 Å². The Morgan fingerprint density at radius 2 is 1.88 bits per heavy atom. The maximum atomic E-state index is 12.9. The highest BCUT2D eigenvalue weighted by atomic mass is 19.1. The van der Waals surface area contributed by atoms with Gasteiger partial charge in [0, 0.05) is 5.56 Å². The van der Waals surface area contributed by atoms with E-state index in [0.29, 0.717) is 11.3 Å². The van der Waals surface area contributed by atoms with Gasteiger partial charge < -0.3 is 10.1 Å². The number of hydrogen-bond donors (Lipinski definition) is 1. The van der Waals surface area contributed by atoms with E-state index in [1.165, 1.54) is 36.0 Å². The van der Waals surface area contributed by atoms with Crippen molar-refractivity contribution < 1.29 is 13.9 Å². The lowest BCUT2D eigenvalue weighted by atomic mass is 10.2. The number of amides is 1. The molecule has 128 valence electrons. The van der Waals surface area contributed by atoms with E-state index in [-0.39, 0.29) is 18.5 Å². The molecule has 5 nitrogen and oxygen atoms in total. The van der Waals surface area contributed by atoms with Crippen LogP contribution in [0.1, 0.15) is 22.8 Å². The van der Waals surface area contributed by atoms with Gasteiger partial charge in [-0.25, -0.2) is 9.07 Å². The van der Waals surface area contributed by atoms with Gasteiger partial charge in [-0.2, -0.15) is 5.10 Å². The van der Waals surface area contributed by atoms with E-state index in [2.05, 4.69) is 17.3 Å². The Morgan fingerprint density at radius 3 is 2.56 bits per heavy atom. The number of anilines is 1. The highest BCUT2D eigenvalue weighted by Gasteiger charge is 2.08. The van der Waals surface area contributed by atoms with E-state index in [0.717, 1.165) is 12.2 Å². The van der Waals surface area contributed by atoms with Crippen LogP contribution in [0.2, 0.25) is 0 Å². The van der Waals surface area contributed by atoms with Crippen molar-refractivity contribution in [3.05, 3.63) is 77.9 Å². The van der Waals surface area contributed by atoms with E-state index in [4.69, 9.17) is 4.74 Å². The Kier molecular flexibility index (Phi) is 5.09. The number of aryl methyl sites for hydroxylation is 1. The fourth-order valence-electron chi connectivity index (χ4n) is 2.27. The lowest BCUT2D eigenvalue weighted by Crippen LogP contribution is -2.11. The Labute approximate surface area is 145 Å². The number of aromatic nitrogens is 2. The molecule has 1 aromatic heterocycles. The second-order valence-corrected chi connectivity index (χ2v) is 5.50. The van der Waals surface area contributed by atoms with Crippen molar-refractivity contribution >= 4 is 11.6 Å². The number of ether oxygens (including phenoxy) is 1. The number of halogens is 1. The standard InChI is InChI=1S/C19H18FN3O2/c1-2-14-3-9-18(10-4-14)25-13-23-12-17(11-21-23)22-19(24)15-5-7-16(20)8-6-15/h3-12H,2,13H2,1H3,(H,22,24). The quantitative estimate of drug-likeness (QED) is 0.742. The maximum Gasteiger partial charge on any atom is 0.255 e. The molecule has 0 spiro atoms. The van der Waals surface area contributed by atoms with Gasteiger partial charge in [0.15, 0.2) is 6.73 Å². The fourth-order valence-corrected chi connectivity index (χ4v) is 2.27. The van der Waals surface area contributed by atoms with Crippen LogP contribution in [-0.4, -0.2) is 15.7 Å².